The Morgan fingerprint density at radius 2 is 1.96 bits per heavy atom. The maximum atomic E-state index is 12.3. The molecule has 0 aliphatic heterocycles. The molecular weight excluding hydrogens is 352 g/mol. The van der Waals surface area contributed by atoms with Crippen LogP contribution in [-0.2, 0) is 6.42 Å². The molecule has 128 valence electrons. The van der Waals surface area contributed by atoms with Gasteiger partial charge in [0.05, 0.1) is 5.69 Å². The fraction of sp³-hybridized carbons (Fsp3) is 0.200. The number of hydrogen-bond acceptors (Lipinski definition) is 3. The lowest BCUT2D eigenvalue weighted by Gasteiger charge is -2.05. The number of amides is 1. The Kier molecular flexibility index (Phi) is 5.51. The van der Waals surface area contributed by atoms with Crippen molar-refractivity contribution in [1.82, 2.24) is 4.98 Å². The van der Waals surface area contributed by atoms with Crippen molar-refractivity contribution in [2.45, 2.75) is 20.3 Å². The van der Waals surface area contributed by atoms with Gasteiger partial charge in [0.25, 0.3) is 5.91 Å². The van der Waals surface area contributed by atoms with Crippen LogP contribution in [0.25, 0.3) is 11.3 Å². The smallest absolute Gasteiger partial charge is 0.257 e. The normalized spacial score (nSPS) is 10.9. The Bertz CT molecular complexity index is 871. The molecule has 5 heteroatoms. The van der Waals surface area contributed by atoms with Crippen molar-refractivity contribution >= 4 is 34.0 Å². The fourth-order valence-electron chi connectivity index (χ4n) is 2.55. The van der Waals surface area contributed by atoms with Crippen LogP contribution in [0.15, 0.2) is 53.9 Å². The Morgan fingerprint density at radius 3 is 2.64 bits per heavy atom. The highest BCUT2D eigenvalue weighted by Crippen LogP contribution is 2.26. The highest BCUT2D eigenvalue weighted by Gasteiger charge is 2.10. The topological polar surface area (TPSA) is 42.0 Å². The van der Waals surface area contributed by atoms with E-state index in [1.165, 1.54) is 16.9 Å². The molecule has 1 N–H and O–H groups in total. The van der Waals surface area contributed by atoms with Crippen molar-refractivity contribution in [3.8, 4) is 11.3 Å². The van der Waals surface area contributed by atoms with Crippen LogP contribution in [0.1, 0.15) is 29.8 Å². The van der Waals surface area contributed by atoms with Gasteiger partial charge in [-0.3, -0.25) is 10.1 Å². The first-order chi connectivity index (χ1) is 12.0. The molecule has 0 saturated carbocycles. The van der Waals surface area contributed by atoms with Crippen molar-refractivity contribution in [3.63, 3.8) is 0 Å². The molecule has 25 heavy (non-hydrogen) atoms. The number of benzene rings is 2. The lowest BCUT2D eigenvalue weighted by atomic mass is 10.0. The molecular formula is C20H19ClN2OS. The van der Waals surface area contributed by atoms with Crippen LogP contribution < -0.4 is 5.32 Å². The van der Waals surface area contributed by atoms with Crippen LogP contribution in [-0.4, -0.2) is 10.9 Å². The van der Waals surface area contributed by atoms with Gasteiger partial charge in [-0.25, -0.2) is 4.98 Å². The zero-order valence-corrected chi connectivity index (χ0v) is 15.7. The quantitative estimate of drug-likeness (QED) is 0.606. The summed E-state index contributed by atoms with van der Waals surface area (Å²) in [6.45, 7) is 4.42. The van der Waals surface area contributed by atoms with E-state index in [0.29, 0.717) is 21.6 Å². The van der Waals surface area contributed by atoms with E-state index in [1.54, 1.807) is 24.3 Å². The van der Waals surface area contributed by atoms with E-state index in [0.717, 1.165) is 17.7 Å². The number of carbonyl (C=O) groups is 1. The second-order valence-corrected chi connectivity index (χ2v) is 7.59. The average Bonchev–Trinajstić information content (AvgIpc) is 3.03. The van der Waals surface area contributed by atoms with Gasteiger partial charge in [-0.1, -0.05) is 55.8 Å². The van der Waals surface area contributed by atoms with Gasteiger partial charge >= 0.3 is 0 Å². The highest BCUT2D eigenvalue weighted by molar-refractivity contribution is 7.14. The molecule has 0 fully saturated rings. The summed E-state index contributed by atoms with van der Waals surface area (Å²) >= 11 is 7.34. The van der Waals surface area contributed by atoms with Crippen LogP contribution >= 0.6 is 22.9 Å². The van der Waals surface area contributed by atoms with Crippen LogP contribution in [0.5, 0.6) is 0 Å². The minimum absolute atomic E-state index is 0.212. The number of nitrogens with one attached hydrogen (secondary N) is 1. The van der Waals surface area contributed by atoms with E-state index in [-0.39, 0.29) is 5.91 Å². The first-order valence-electron chi connectivity index (χ1n) is 8.13. The van der Waals surface area contributed by atoms with Crippen molar-refractivity contribution in [1.29, 1.82) is 0 Å². The molecule has 0 spiro atoms. The number of halogens is 1. The Balaban J connectivity index is 1.71. The number of rotatable bonds is 5. The summed E-state index contributed by atoms with van der Waals surface area (Å²) < 4.78 is 0. The Hall–Kier alpha value is -2.17. The van der Waals surface area contributed by atoms with Gasteiger partial charge < -0.3 is 0 Å². The zero-order valence-electron chi connectivity index (χ0n) is 14.1. The number of anilines is 1. The second-order valence-electron chi connectivity index (χ2n) is 6.30. The molecule has 0 atom stereocenters. The lowest BCUT2D eigenvalue weighted by molar-refractivity contribution is 0.102. The molecule has 3 rings (SSSR count). The van der Waals surface area contributed by atoms with Crippen LogP contribution in [0.4, 0.5) is 5.13 Å². The number of thiazole rings is 1. The van der Waals surface area contributed by atoms with Crippen LogP contribution in [0.2, 0.25) is 5.02 Å². The standard InChI is InChI=1S/C20H19ClN2OS/c1-13(2)10-14-6-8-15(9-7-14)18-12-25-20(22-18)23-19(24)16-4-3-5-17(21)11-16/h3-9,11-13H,10H2,1-2H3,(H,22,23,24). The molecule has 0 aliphatic carbocycles. The SMILES string of the molecule is CC(C)Cc1ccc(-c2csc(NC(=O)c3cccc(Cl)c3)n2)cc1. The molecule has 0 unspecified atom stereocenters. The van der Waals surface area contributed by atoms with Crippen LogP contribution in [0.3, 0.4) is 0 Å². The van der Waals surface area contributed by atoms with Crippen molar-refractivity contribution in [2.75, 3.05) is 5.32 Å². The van der Waals surface area contributed by atoms with E-state index in [1.807, 2.05) is 5.38 Å². The van der Waals surface area contributed by atoms with E-state index in [2.05, 4.69) is 48.4 Å². The Labute approximate surface area is 156 Å². The van der Waals surface area contributed by atoms with Gasteiger partial charge in [-0.2, -0.15) is 0 Å². The van der Waals surface area contributed by atoms with Crippen molar-refractivity contribution in [3.05, 3.63) is 70.1 Å². The lowest BCUT2D eigenvalue weighted by Crippen LogP contribution is -2.11. The average molecular weight is 371 g/mol. The van der Waals surface area contributed by atoms with E-state index in [4.69, 9.17) is 11.6 Å². The van der Waals surface area contributed by atoms with Crippen molar-refractivity contribution < 1.29 is 4.79 Å². The van der Waals surface area contributed by atoms with Gasteiger partial charge in [-0.05, 0) is 36.1 Å². The summed E-state index contributed by atoms with van der Waals surface area (Å²) in [5.41, 5.74) is 3.75. The summed E-state index contributed by atoms with van der Waals surface area (Å²) in [5, 5.41) is 5.88. The predicted molar refractivity (Wildman–Crippen MR) is 105 cm³/mol. The van der Waals surface area contributed by atoms with Gasteiger partial charge in [-0.15, -0.1) is 11.3 Å². The molecule has 0 radical (unpaired) electrons. The maximum Gasteiger partial charge on any atom is 0.257 e. The highest BCUT2D eigenvalue weighted by atomic mass is 35.5. The number of carbonyl (C=O) groups excluding carboxylic acids is 1. The number of nitrogens with zero attached hydrogens (tertiary/aromatic N) is 1. The predicted octanol–water partition coefficient (Wildman–Crippen LogP) is 5.91. The maximum absolute atomic E-state index is 12.3. The monoisotopic (exact) mass is 370 g/mol. The van der Waals surface area contributed by atoms with Gasteiger partial charge in [0.2, 0.25) is 0 Å². The number of aromatic nitrogens is 1. The summed E-state index contributed by atoms with van der Waals surface area (Å²) in [5.74, 6) is 0.425. The summed E-state index contributed by atoms with van der Waals surface area (Å²) in [6, 6.07) is 15.3. The van der Waals surface area contributed by atoms with Crippen LogP contribution in [0, 0.1) is 5.92 Å². The molecule has 0 saturated heterocycles. The molecule has 2 aromatic carbocycles. The molecule has 1 amide bonds. The molecule has 3 aromatic rings. The summed E-state index contributed by atoms with van der Waals surface area (Å²) in [7, 11) is 0. The third kappa shape index (κ3) is 4.68. The first kappa shape index (κ1) is 17.6. The molecule has 0 aliphatic rings. The molecule has 1 aromatic heterocycles. The van der Waals surface area contributed by atoms with Gasteiger partial charge in [0.1, 0.15) is 0 Å². The van der Waals surface area contributed by atoms with E-state index in [9.17, 15) is 4.79 Å². The fourth-order valence-corrected chi connectivity index (χ4v) is 3.45. The van der Waals surface area contributed by atoms with Gasteiger partial charge in [0.15, 0.2) is 5.13 Å². The second kappa shape index (κ2) is 7.81. The molecule has 1 heterocycles. The third-order valence-electron chi connectivity index (χ3n) is 3.71. The van der Waals surface area contributed by atoms with E-state index >= 15 is 0 Å². The Morgan fingerprint density at radius 1 is 1.20 bits per heavy atom. The first-order valence-corrected chi connectivity index (χ1v) is 9.39. The van der Waals surface area contributed by atoms with E-state index < -0.39 is 0 Å². The molecule has 3 nitrogen and oxygen atoms in total. The summed E-state index contributed by atoms with van der Waals surface area (Å²) in [6.07, 6.45) is 1.07. The summed E-state index contributed by atoms with van der Waals surface area (Å²) in [4.78, 5) is 16.8. The largest absolute Gasteiger partial charge is 0.298 e. The number of hydrogen-bond donors (Lipinski definition) is 1. The third-order valence-corrected chi connectivity index (χ3v) is 4.70. The minimum Gasteiger partial charge on any atom is -0.298 e. The molecule has 0 bridgehead atoms. The van der Waals surface area contributed by atoms with Gasteiger partial charge in [0, 0.05) is 21.5 Å². The zero-order chi connectivity index (χ0) is 17.8. The van der Waals surface area contributed by atoms with Crippen molar-refractivity contribution in [2.24, 2.45) is 5.92 Å². The minimum atomic E-state index is -0.212.